The Kier molecular flexibility index (Phi) is 6.41. The van der Waals surface area contributed by atoms with E-state index in [2.05, 4.69) is 11.9 Å². The van der Waals surface area contributed by atoms with Gasteiger partial charge in [-0.15, -0.1) is 0 Å². The zero-order chi connectivity index (χ0) is 18.4. The highest BCUT2D eigenvalue weighted by Crippen LogP contribution is 2.35. The average Bonchev–Trinajstić information content (AvgIpc) is 2.94. The molecule has 0 spiro atoms. The minimum absolute atomic E-state index is 0.118. The highest BCUT2D eigenvalue weighted by molar-refractivity contribution is 8.27. The number of anilines is 1. The third-order valence-corrected chi connectivity index (χ3v) is 5.19. The lowest BCUT2D eigenvalue weighted by molar-refractivity contribution is -0.113. The Balaban J connectivity index is 1.68. The third kappa shape index (κ3) is 4.51. The molecular formula is C20H20N2O2S2. The second kappa shape index (κ2) is 8.96. The van der Waals surface area contributed by atoms with Gasteiger partial charge in [-0.05, 0) is 42.3 Å². The summed E-state index contributed by atoms with van der Waals surface area (Å²) in [5.41, 5.74) is 1.63. The number of hydrogen-bond acceptors (Lipinski definition) is 5. The number of pyridine rings is 1. The van der Waals surface area contributed by atoms with Crippen LogP contribution in [0, 0.1) is 0 Å². The van der Waals surface area contributed by atoms with Crippen molar-refractivity contribution in [3.63, 3.8) is 0 Å². The Labute approximate surface area is 163 Å². The quantitative estimate of drug-likeness (QED) is 0.379. The first-order chi connectivity index (χ1) is 12.7. The number of ether oxygens (including phenoxy) is 1. The number of thioether (sulfide) groups is 1. The smallest absolute Gasteiger partial charge is 0.270 e. The minimum atomic E-state index is -0.118. The zero-order valence-corrected chi connectivity index (χ0v) is 16.2. The summed E-state index contributed by atoms with van der Waals surface area (Å²) in [6.45, 7) is 2.91. The number of benzene rings is 1. The van der Waals surface area contributed by atoms with Gasteiger partial charge < -0.3 is 4.74 Å². The fraction of sp³-hybridized carbons (Fsp3) is 0.250. The lowest BCUT2D eigenvalue weighted by atomic mass is 10.2. The number of amides is 1. The summed E-state index contributed by atoms with van der Waals surface area (Å²) in [6.07, 6.45) is 8.59. The lowest BCUT2D eigenvalue weighted by Crippen LogP contribution is -2.27. The van der Waals surface area contributed by atoms with E-state index in [1.165, 1.54) is 29.5 Å². The molecule has 0 unspecified atom stereocenters. The van der Waals surface area contributed by atoms with Crippen molar-refractivity contribution in [2.45, 2.75) is 26.2 Å². The van der Waals surface area contributed by atoms with Crippen molar-refractivity contribution in [1.82, 2.24) is 4.98 Å². The Morgan fingerprint density at radius 3 is 2.73 bits per heavy atom. The van der Waals surface area contributed by atoms with Crippen LogP contribution in [0.4, 0.5) is 5.69 Å². The first kappa shape index (κ1) is 18.6. The van der Waals surface area contributed by atoms with E-state index in [0.717, 1.165) is 24.3 Å². The van der Waals surface area contributed by atoms with Gasteiger partial charge in [0, 0.05) is 6.20 Å². The summed E-state index contributed by atoms with van der Waals surface area (Å²) in [4.78, 5) is 18.9. The van der Waals surface area contributed by atoms with Crippen LogP contribution in [0.2, 0.25) is 0 Å². The number of thiocarbonyl (C=S) groups is 1. The molecule has 0 aliphatic carbocycles. The number of nitrogens with zero attached hydrogens (tertiary/aromatic N) is 2. The second-order valence-electron chi connectivity index (χ2n) is 5.85. The standard InChI is InChI=1S/C20H20N2O2S2/c1-2-3-4-12-24-17-9-7-15(8-10-17)13-18-19(23)22(20(25)26-18)16-6-5-11-21-14-16/h5-11,13-14H,2-4,12H2,1H3/b18-13-. The lowest BCUT2D eigenvalue weighted by Gasteiger charge is -2.13. The molecule has 1 aliphatic rings. The molecule has 2 heterocycles. The molecule has 26 heavy (non-hydrogen) atoms. The molecule has 1 amide bonds. The average molecular weight is 385 g/mol. The number of carbonyl (C=O) groups is 1. The SMILES string of the molecule is CCCCCOc1ccc(/C=C2\SC(=S)N(c3cccnc3)C2=O)cc1. The zero-order valence-electron chi connectivity index (χ0n) is 14.6. The number of rotatable bonds is 7. The number of aromatic nitrogens is 1. The molecule has 1 aliphatic heterocycles. The molecule has 0 bridgehead atoms. The van der Waals surface area contributed by atoms with E-state index in [1.54, 1.807) is 18.5 Å². The van der Waals surface area contributed by atoms with E-state index in [0.29, 0.717) is 14.9 Å². The maximum atomic E-state index is 12.7. The summed E-state index contributed by atoms with van der Waals surface area (Å²) in [7, 11) is 0. The van der Waals surface area contributed by atoms with Gasteiger partial charge in [-0.3, -0.25) is 14.7 Å². The minimum Gasteiger partial charge on any atom is -0.494 e. The first-order valence-electron chi connectivity index (χ1n) is 8.60. The highest BCUT2D eigenvalue weighted by Gasteiger charge is 2.33. The molecule has 4 nitrogen and oxygen atoms in total. The van der Waals surface area contributed by atoms with Crippen LogP contribution < -0.4 is 9.64 Å². The Bertz CT molecular complexity index is 804. The van der Waals surface area contributed by atoms with E-state index >= 15 is 0 Å². The predicted octanol–water partition coefficient (Wildman–Crippen LogP) is 5.06. The van der Waals surface area contributed by atoms with Crippen LogP contribution >= 0.6 is 24.0 Å². The normalized spacial score (nSPS) is 15.7. The van der Waals surface area contributed by atoms with E-state index in [9.17, 15) is 4.79 Å². The summed E-state index contributed by atoms with van der Waals surface area (Å²) in [6, 6.07) is 11.4. The molecule has 6 heteroatoms. The maximum absolute atomic E-state index is 12.7. The fourth-order valence-corrected chi connectivity index (χ4v) is 3.83. The molecule has 1 saturated heterocycles. The number of unbranched alkanes of at least 4 members (excludes halogenated alkanes) is 2. The molecule has 0 atom stereocenters. The van der Waals surface area contributed by atoms with E-state index < -0.39 is 0 Å². The monoisotopic (exact) mass is 384 g/mol. The van der Waals surface area contributed by atoms with E-state index in [4.69, 9.17) is 17.0 Å². The van der Waals surface area contributed by atoms with Crippen LogP contribution in [0.3, 0.4) is 0 Å². The highest BCUT2D eigenvalue weighted by atomic mass is 32.2. The topological polar surface area (TPSA) is 42.4 Å². The molecule has 1 aromatic heterocycles. The molecule has 0 N–H and O–H groups in total. The number of hydrogen-bond donors (Lipinski definition) is 0. The predicted molar refractivity (Wildman–Crippen MR) is 111 cm³/mol. The van der Waals surface area contributed by atoms with Crippen molar-refractivity contribution < 1.29 is 9.53 Å². The first-order valence-corrected chi connectivity index (χ1v) is 9.82. The van der Waals surface area contributed by atoms with E-state index in [1.807, 2.05) is 36.4 Å². The molecule has 1 aromatic carbocycles. The summed E-state index contributed by atoms with van der Waals surface area (Å²) in [5.74, 6) is 0.731. The molecule has 2 aromatic rings. The Morgan fingerprint density at radius 2 is 2.04 bits per heavy atom. The molecule has 0 saturated carbocycles. The van der Waals surface area contributed by atoms with Crippen molar-refractivity contribution >= 4 is 46.0 Å². The van der Waals surface area contributed by atoms with Crippen molar-refractivity contribution in [1.29, 1.82) is 0 Å². The maximum Gasteiger partial charge on any atom is 0.270 e. The summed E-state index contributed by atoms with van der Waals surface area (Å²) < 4.78 is 6.24. The number of carbonyl (C=O) groups excluding carboxylic acids is 1. The molecular weight excluding hydrogens is 364 g/mol. The molecule has 3 rings (SSSR count). The summed E-state index contributed by atoms with van der Waals surface area (Å²) >= 11 is 6.67. The largest absolute Gasteiger partial charge is 0.494 e. The van der Waals surface area contributed by atoms with Gasteiger partial charge in [0.15, 0.2) is 4.32 Å². The van der Waals surface area contributed by atoms with Gasteiger partial charge in [0.05, 0.1) is 23.4 Å². The van der Waals surface area contributed by atoms with Crippen LogP contribution in [0.15, 0.2) is 53.7 Å². The molecule has 1 fully saturated rings. The van der Waals surface area contributed by atoms with E-state index in [-0.39, 0.29) is 5.91 Å². The second-order valence-corrected chi connectivity index (χ2v) is 7.53. The van der Waals surface area contributed by atoms with Crippen molar-refractivity contribution in [3.05, 3.63) is 59.3 Å². The van der Waals surface area contributed by atoms with Gasteiger partial charge in [0.2, 0.25) is 0 Å². The van der Waals surface area contributed by atoms with Gasteiger partial charge in [0.25, 0.3) is 5.91 Å². The van der Waals surface area contributed by atoms with Crippen molar-refractivity contribution in [3.8, 4) is 5.75 Å². The van der Waals surface area contributed by atoms with Gasteiger partial charge in [-0.2, -0.15) is 0 Å². The van der Waals surface area contributed by atoms with Gasteiger partial charge in [-0.25, -0.2) is 0 Å². The Morgan fingerprint density at radius 1 is 1.23 bits per heavy atom. The van der Waals surface area contributed by atoms with Gasteiger partial charge in [0.1, 0.15) is 5.75 Å². The van der Waals surface area contributed by atoms with Crippen LogP contribution in [0.5, 0.6) is 5.75 Å². The van der Waals surface area contributed by atoms with Gasteiger partial charge >= 0.3 is 0 Å². The summed E-state index contributed by atoms with van der Waals surface area (Å²) in [5, 5.41) is 0. The Hall–Kier alpha value is -2.18. The van der Waals surface area contributed by atoms with Crippen LogP contribution in [-0.4, -0.2) is 21.8 Å². The van der Waals surface area contributed by atoms with Crippen LogP contribution in [0.1, 0.15) is 31.7 Å². The van der Waals surface area contributed by atoms with Crippen molar-refractivity contribution in [2.24, 2.45) is 0 Å². The molecule has 0 radical (unpaired) electrons. The van der Waals surface area contributed by atoms with Crippen LogP contribution in [-0.2, 0) is 4.79 Å². The fourth-order valence-electron chi connectivity index (χ4n) is 2.53. The third-order valence-electron chi connectivity index (χ3n) is 3.89. The molecule has 134 valence electrons. The van der Waals surface area contributed by atoms with Crippen molar-refractivity contribution in [2.75, 3.05) is 11.5 Å². The van der Waals surface area contributed by atoms with Crippen LogP contribution in [0.25, 0.3) is 6.08 Å². The van der Waals surface area contributed by atoms with Gasteiger partial charge in [-0.1, -0.05) is 55.9 Å².